The maximum atomic E-state index is 11.9. The molecule has 0 atom stereocenters. The average Bonchev–Trinajstić information content (AvgIpc) is 2.80. The van der Waals surface area contributed by atoms with E-state index in [-0.39, 0.29) is 11.3 Å². The summed E-state index contributed by atoms with van der Waals surface area (Å²) in [4.78, 5) is 11.9. The zero-order chi connectivity index (χ0) is 13.9. The fourth-order valence-electron chi connectivity index (χ4n) is 1.82. The summed E-state index contributed by atoms with van der Waals surface area (Å²) in [5, 5.41) is 3.91. The number of carbonyl (C=O) groups excluding carboxylic acids is 1. The molecule has 0 bridgehead atoms. The summed E-state index contributed by atoms with van der Waals surface area (Å²) in [6.07, 6.45) is 1.98. The third kappa shape index (κ3) is 3.35. The normalized spacial score (nSPS) is 11.7. The Hall–Kier alpha value is -1.81. The summed E-state index contributed by atoms with van der Waals surface area (Å²) in [6, 6.07) is 7.72. The third-order valence-corrected chi connectivity index (χ3v) is 3.23. The molecule has 0 spiro atoms. The molecule has 0 aliphatic rings. The maximum absolute atomic E-state index is 11.9. The summed E-state index contributed by atoms with van der Waals surface area (Å²) < 4.78 is 5.42. The molecule has 4 nitrogen and oxygen atoms in total. The number of nitrogens with two attached hydrogens (primary N) is 1. The molecule has 102 valence electrons. The quantitative estimate of drug-likeness (QED) is 0.864. The topological polar surface area (TPSA) is 68.3 Å². The monoisotopic (exact) mass is 260 g/mol. The number of hydrogen-bond donors (Lipinski definition) is 2. The van der Waals surface area contributed by atoms with Crippen molar-refractivity contribution in [2.24, 2.45) is 11.1 Å². The number of hydrogen-bond acceptors (Lipinski definition) is 3. The summed E-state index contributed by atoms with van der Waals surface area (Å²) in [5.41, 5.74) is 7.29. The molecule has 0 saturated heterocycles. The van der Waals surface area contributed by atoms with Gasteiger partial charge in [-0.3, -0.25) is 4.79 Å². The number of furan rings is 1. The van der Waals surface area contributed by atoms with E-state index in [0.717, 1.165) is 16.5 Å². The Morgan fingerprint density at radius 2 is 2.11 bits per heavy atom. The lowest BCUT2D eigenvalue weighted by atomic mass is 9.94. The van der Waals surface area contributed by atoms with Gasteiger partial charge in [0.05, 0.1) is 12.7 Å². The van der Waals surface area contributed by atoms with E-state index < -0.39 is 0 Å². The molecule has 2 rings (SSSR count). The Kier molecular flexibility index (Phi) is 3.90. The molecule has 19 heavy (non-hydrogen) atoms. The van der Waals surface area contributed by atoms with Crippen molar-refractivity contribution in [2.45, 2.75) is 20.3 Å². The van der Waals surface area contributed by atoms with Crippen LogP contribution in [0.3, 0.4) is 0 Å². The van der Waals surface area contributed by atoms with Crippen LogP contribution in [0.25, 0.3) is 11.0 Å². The van der Waals surface area contributed by atoms with Gasteiger partial charge in [0, 0.05) is 17.5 Å². The van der Waals surface area contributed by atoms with Gasteiger partial charge in [-0.2, -0.15) is 0 Å². The molecule has 0 radical (unpaired) electrons. The van der Waals surface area contributed by atoms with Crippen LogP contribution in [0.5, 0.6) is 0 Å². The van der Waals surface area contributed by atoms with Crippen molar-refractivity contribution < 1.29 is 9.21 Å². The molecule has 2 aromatic rings. The molecular weight excluding hydrogens is 240 g/mol. The number of nitrogens with one attached hydrogen (secondary N) is 1. The molecule has 1 aromatic carbocycles. The van der Waals surface area contributed by atoms with Gasteiger partial charge in [0.25, 0.3) is 0 Å². The largest absolute Gasteiger partial charge is 0.464 e. The number of para-hydroxylation sites is 1. The van der Waals surface area contributed by atoms with Crippen LogP contribution in [0, 0.1) is 5.41 Å². The number of benzene rings is 1. The molecule has 1 aromatic heterocycles. The van der Waals surface area contributed by atoms with Gasteiger partial charge in [-0.05, 0) is 18.0 Å². The third-order valence-electron chi connectivity index (χ3n) is 3.23. The molecular formula is C15H20N2O2. The SMILES string of the molecule is CC(C)(CN)CNC(=O)Cc1coc2ccccc12. The number of amides is 1. The molecule has 0 saturated carbocycles. The summed E-state index contributed by atoms with van der Waals surface area (Å²) >= 11 is 0. The molecule has 1 heterocycles. The van der Waals surface area contributed by atoms with E-state index in [1.54, 1.807) is 6.26 Å². The first kappa shape index (κ1) is 13.6. The van der Waals surface area contributed by atoms with Crippen LogP contribution in [-0.4, -0.2) is 19.0 Å². The highest BCUT2D eigenvalue weighted by Gasteiger charge is 2.17. The standard InChI is InChI=1S/C15H20N2O2/c1-15(2,9-16)10-17-14(18)7-11-8-19-13-6-4-3-5-12(11)13/h3-6,8H,7,9-10,16H2,1-2H3,(H,17,18). The van der Waals surface area contributed by atoms with E-state index in [2.05, 4.69) is 5.32 Å². The van der Waals surface area contributed by atoms with Gasteiger partial charge in [0.2, 0.25) is 5.91 Å². The highest BCUT2D eigenvalue weighted by molar-refractivity contribution is 5.87. The van der Waals surface area contributed by atoms with Crippen molar-refractivity contribution in [3.8, 4) is 0 Å². The van der Waals surface area contributed by atoms with Crippen molar-refractivity contribution >= 4 is 16.9 Å². The van der Waals surface area contributed by atoms with E-state index >= 15 is 0 Å². The van der Waals surface area contributed by atoms with Gasteiger partial charge < -0.3 is 15.5 Å². The van der Waals surface area contributed by atoms with Crippen LogP contribution in [-0.2, 0) is 11.2 Å². The van der Waals surface area contributed by atoms with Crippen molar-refractivity contribution in [1.82, 2.24) is 5.32 Å². The lowest BCUT2D eigenvalue weighted by Crippen LogP contribution is -2.38. The van der Waals surface area contributed by atoms with E-state index in [0.29, 0.717) is 19.5 Å². The van der Waals surface area contributed by atoms with Gasteiger partial charge in [-0.25, -0.2) is 0 Å². The van der Waals surface area contributed by atoms with E-state index in [4.69, 9.17) is 10.2 Å². The Labute approximate surface area is 113 Å². The highest BCUT2D eigenvalue weighted by Crippen LogP contribution is 2.21. The van der Waals surface area contributed by atoms with Crippen LogP contribution >= 0.6 is 0 Å². The zero-order valence-corrected chi connectivity index (χ0v) is 11.4. The number of fused-ring (bicyclic) bond motifs is 1. The van der Waals surface area contributed by atoms with Crippen LogP contribution in [0.1, 0.15) is 19.4 Å². The predicted octanol–water partition coefficient (Wildman–Crippen LogP) is 2.08. The van der Waals surface area contributed by atoms with Crippen molar-refractivity contribution in [2.75, 3.05) is 13.1 Å². The van der Waals surface area contributed by atoms with Crippen LogP contribution in [0.2, 0.25) is 0 Å². The van der Waals surface area contributed by atoms with Gasteiger partial charge >= 0.3 is 0 Å². The Bertz CT molecular complexity index is 572. The smallest absolute Gasteiger partial charge is 0.224 e. The first-order valence-electron chi connectivity index (χ1n) is 6.44. The van der Waals surface area contributed by atoms with Crippen LogP contribution < -0.4 is 11.1 Å². The first-order valence-corrected chi connectivity index (χ1v) is 6.44. The Balaban J connectivity index is 1.99. The number of rotatable bonds is 5. The van der Waals surface area contributed by atoms with E-state index in [9.17, 15) is 4.79 Å². The molecule has 4 heteroatoms. The van der Waals surface area contributed by atoms with Crippen molar-refractivity contribution in [3.63, 3.8) is 0 Å². The Morgan fingerprint density at radius 3 is 2.84 bits per heavy atom. The molecule has 1 amide bonds. The average molecular weight is 260 g/mol. The minimum Gasteiger partial charge on any atom is -0.464 e. The van der Waals surface area contributed by atoms with E-state index in [1.165, 1.54) is 0 Å². The lowest BCUT2D eigenvalue weighted by molar-refractivity contribution is -0.120. The second-order valence-electron chi connectivity index (χ2n) is 5.58. The predicted molar refractivity (Wildman–Crippen MR) is 75.8 cm³/mol. The maximum Gasteiger partial charge on any atom is 0.224 e. The lowest BCUT2D eigenvalue weighted by Gasteiger charge is -2.22. The minimum absolute atomic E-state index is 0.00641. The fourth-order valence-corrected chi connectivity index (χ4v) is 1.82. The van der Waals surface area contributed by atoms with Crippen LogP contribution in [0.4, 0.5) is 0 Å². The van der Waals surface area contributed by atoms with Gasteiger partial charge in [-0.1, -0.05) is 32.0 Å². The molecule has 0 aliphatic carbocycles. The molecule has 0 fully saturated rings. The molecule has 0 aliphatic heterocycles. The van der Waals surface area contributed by atoms with E-state index in [1.807, 2.05) is 38.1 Å². The van der Waals surface area contributed by atoms with Gasteiger partial charge in [0.1, 0.15) is 5.58 Å². The second kappa shape index (κ2) is 5.45. The Morgan fingerprint density at radius 1 is 1.37 bits per heavy atom. The summed E-state index contributed by atoms with van der Waals surface area (Å²) in [5.74, 6) is -0.00641. The molecule has 0 unspecified atom stereocenters. The van der Waals surface area contributed by atoms with Crippen molar-refractivity contribution in [3.05, 3.63) is 36.1 Å². The fraction of sp³-hybridized carbons (Fsp3) is 0.400. The van der Waals surface area contributed by atoms with Gasteiger partial charge in [0.15, 0.2) is 0 Å². The highest BCUT2D eigenvalue weighted by atomic mass is 16.3. The van der Waals surface area contributed by atoms with Crippen molar-refractivity contribution in [1.29, 1.82) is 0 Å². The number of carbonyl (C=O) groups is 1. The zero-order valence-electron chi connectivity index (χ0n) is 11.4. The van der Waals surface area contributed by atoms with Crippen LogP contribution in [0.15, 0.2) is 34.9 Å². The minimum atomic E-state index is -0.0753. The summed E-state index contributed by atoms with van der Waals surface area (Å²) in [7, 11) is 0. The summed E-state index contributed by atoms with van der Waals surface area (Å²) in [6.45, 7) is 5.18. The van der Waals surface area contributed by atoms with Gasteiger partial charge in [-0.15, -0.1) is 0 Å². The first-order chi connectivity index (χ1) is 9.02. The molecule has 3 N–H and O–H groups in total. The second-order valence-corrected chi connectivity index (χ2v) is 5.58.